The SMILES string of the molecule is CC(C)(C)c1ccc(C(=O)CSc2nc3ccccc3o2)cc1. The van der Waals surface area contributed by atoms with Crippen molar-refractivity contribution in [3.05, 3.63) is 59.7 Å². The minimum Gasteiger partial charge on any atom is -0.431 e. The average Bonchev–Trinajstić information content (AvgIpc) is 2.95. The summed E-state index contributed by atoms with van der Waals surface area (Å²) in [5, 5.41) is 0.533. The predicted octanol–water partition coefficient (Wildman–Crippen LogP) is 5.10. The molecule has 3 nitrogen and oxygen atoms in total. The molecule has 0 amide bonds. The molecule has 3 aromatic rings. The van der Waals surface area contributed by atoms with E-state index in [1.165, 1.54) is 17.3 Å². The molecule has 0 atom stereocenters. The molecule has 0 aliphatic carbocycles. The number of nitrogens with zero attached hydrogens (tertiary/aromatic N) is 1. The molecule has 3 rings (SSSR count). The van der Waals surface area contributed by atoms with Crippen LogP contribution in [0.4, 0.5) is 0 Å². The minimum absolute atomic E-state index is 0.0812. The van der Waals surface area contributed by atoms with Gasteiger partial charge in [-0.15, -0.1) is 0 Å². The van der Waals surface area contributed by atoms with E-state index in [9.17, 15) is 4.79 Å². The van der Waals surface area contributed by atoms with Gasteiger partial charge in [0.1, 0.15) is 5.52 Å². The molecule has 2 aromatic carbocycles. The van der Waals surface area contributed by atoms with Gasteiger partial charge in [-0.25, -0.2) is 4.98 Å². The standard InChI is InChI=1S/C19H19NO2S/c1-19(2,3)14-10-8-13(9-11-14)16(21)12-23-18-20-15-6-4-5-7-17(15)22-18/h4-11H,12H2,1-3H3. The van der Waals surface area contributed by atoms with Crippen LogP contribution >= 0.6 is 11.8 Å². The molecule has 23 heavy (non-hydrogen) atoms. The van der Waals surface area contributed by atoms with Crippen molar-refractivity contribution in [1.82, 2.24) is 4.98 Å². The number of carbonyl (C=O) groups excluding carboxylic acids is 1. The zero-order valence-electron chi connectivity index (χ0n) is 13.5. The van der Waals surface area contributed by atoms with Crippen molar-refractivity contribution in [2.24, 2.45) is 0 Å². The molecule has 0 saturated carbocycles. The third-order valence-corrected chi connectivity index (χ3v) is 4.50. The van der Waals surface area contributed by atoms with Gasteiger partial charge in [-0.3, -0.25) is 4.79 Å². The number of rotatable bonds is 4. The molecular formula is C19H19NO2S. The number of ketones is 1. The molecule has 0 radical (unpaired) electrons. The summed E-state index contributed by atoms with van der Waals surface area (Å²) in [6, 6.07) is 15.4. The van der Waals surface area contributed by atoms with E-state index in [2.05, 4.69) is 25.8 Å². The molecule has 118 valence electrons. The van der Waals surface area contributed by atoms with Crippen molar-refractivity contribution in [1.29, 1.82) is 0 Å². The van der Waals surface area contributed by atoms with Gasteiger partial charge in [0, 0.05) is 5.56 Å². The Balaban J connectivity index is 1.67. The molecule has 0 unspecified atom stereocenters. The van der Waals surface area contributed by atoms with Gasteiger partial charge < -0.3 is 4.42 Å². The quantitative estimate of drug-likeness (QED) is 0.494. The van der Waals surface area contributed by atoms with E-state index in [0.717, 1.165) is 16.7 Å². The van der Waals surface area contributed by atoms with Crippen LogP contribution in [-0.4, -0.2) is 16.5 Å². The van der Waals surface area contributed by atoms with Crippen LogP contribution in [0.25, 0.3) is 11.1 Å². The lowest BCUT2D eigenvalue weighted by atomic mass is 9.86. The monoisotopic (exact) mass is 325 g/mol. The van der Waals surface area contributed by atoms with E-state index in [1.807, 2.05) is 48.5 Å². The number of hydrogen-bond acceptors (Lipinski definition) is 4. The van der Waals surface area contributed by atoms with Crippen LogP contribution < -0.4 is 0 Å². The smallest absolute Gasteiger partial charge is 0.257 e. The lowest BCUT2D eigenvalue weighted by molar-refractivity contribution is 0.102. The van der Waals surface area contributed by atoms with Gasteiger partial charge >= 0.3 is 0 Å². The minimum atomic E-state index is 0.0812. The van der Waals surface area contributed by atoms with Gasteiger partial charge in [0.2, 0.25) is 0 Å². The van der Waals surface area contributed by atoms with Gasteiger partial charge in [0.15, 0.2) is 11.4 Å². The van der Waals surface area contributed by atoms with E-state index < -0.39 is 0 Å². The maximum Gasteiger partial charge on any atom is 0.257 e. The highest BCUT2D eigenvalue weighted by Gasteiger charge is 2.15. The highest BCUT2D eigenvalue weighted by molar-refractivity contribution is 7.99. The number of benzene rings is 2. The number of hydrogen-bond donors (Lipinski definition) is 0. The largest absolute Gasteiger partial charge is 0.431 e. The van der Waals surface area contributed by atoms with Gasteiger partial charge in [0.05, 0.1) is 5.75 Å². The van der Waals surface area contributed by atoms with Crippen LogP contribution in [-0.2, 0) is 5.41 Å². The normalized spacial score (nSPS) is 11.8. The van der Waals surface area contributed by atoms with Crippen molar-refractivity contribution in [3.8, 4) is 0 Å². The fraction of sp³-hybridized carbons (Fsp3) is 0.263. The van der Waals surface area contributed by atoms with Crippen LogP contribution in [0.1, 0.15) is 36.7 Å². The molecule has 1 heterocycles. The molecule has 0 bridgehead atoms. The molecular weight excluding hydrogens is 306 g/mol. The van der Waals surface area contributed by atoms with E-state index in [0.29, 0.717) is 11.0 Å². The van der Waals surface area contributed by atoms with E-state index in [-0.39, 0.29) is 11.2 Å². The number of para-hydroxylation sites is 2. The summed E-state index contributed by atoms with van der Waals surface area (Å²) in [6.07, 6.45) is 0. The van der Waals surface area contributed by atoms with Crippen LogP contribution in [0.15, 0.2) is 58.2 Å². The van der Waals surface area contributed by atoms with Crippen LogP contribution in [0.3, 0.4) is 0 Å². The summed E-state index contributed by atoms with van der Waals surface area (Å²) in [5.74, 6) is 0.402. The van der Waals surface area contributed by atoms with Crippen LogP contribution in [0.2, 0.25) is 0 Å². The first-order valence-corrected chi connectivity index (χ1v) is 8.54. The second-order valence-electron chi connectivity index (χ2n) is 6.49. The molecule has 0 saturated heterocycles. The zero-order valence-corrected chi connectivity index (χ0v) is 14.3. The summed E-state index contributed by atoms with van der Waals surface area (Å²) in [6.45, 7) is 6.48. The fourth-order valence-corrected chi connectivity index (χ4v) is 3.01. The van der Waals surface area contributed by atoms with Crippen LogP contribution in [0.5, 0.6) is 0 Å². The summed E-state index contributed by atoms with van der Waals surface area (Å²) in [4.78, 5) is 16.7. The molecule has 0 aliphatic rings. The molecule has 0 aliphatic heterocycles. The first-order chi connectivity index (χ1) is 10.9. The fourth-order valence-electron chi connectivity index (χ4n) is 2.28. The number of aromatic nitrogens is 1. The second kappa shape index (κ2) is 6.20. The van der Waals surface area contributed by atoms with Crippen molar-refractivity contribution in [2.45, 2.75) is 31.4 Å². The number of oxazole rings is 1. The van der Waals surface area contributed by atoms with E-state index >= 15 is 0 Å². The van der Waals surface area contributed by atoms with E-state index in [4.69, 9.17) is 4.42 Å². The Hall–Kier alpha value is -2.07. The molecule has 4 heteroatoms. The van der Waals surface area contributed by atoms with Gasteiger partial charge in [0.25, 0.3) is 5.22 Å². The summed E-state index contributed by atoms with van der Waals surface area (Å²) >= 11 is 1.33. The number of carbonyl (C=O) groups is 1. The van der Waals surface area contributed by atoms with Gasteiger partial charge in [-0.2, -0.15) is 0 Å². The first-order valence-electron chi connectivity index (χ1n) is 7.55. The van der Waals surface area contributed by atoms with Crippen LogP contribution in [0, 0.1) is 0 Å². The predicted molar refractivity (Wildman–Crippen MR) is 94.2 cm³/mol. The van der Waals surface area contributed by atoms with Gasteiger partial charge in [-0.1, -0.05) is 68.9 Å². The highest BCUT2D eigenvalue weighted by atomic mass is 32.2. The average molecular weight is 325 g/mol. The lowest BCUT2D eigenvalue weighted by Gasteiger charge is -2.18. The third kappa shape index (κ3) is 3.64. The Kier molecular flexibility index (Phi) is 4.26. The second-order valence-corrected chi connectivity index (χ2v) is 7.41. The molecule has 1 aromatic heterocycles. The Morgan fingerprint density at radius 3 is 2.43 bits per heavy atom. The maximum absolute atomic E-state index is 12.3. The maximum atomic E-state index is 12.3. The summed E-state index contributed by atoms with van der Waals surface area (Å²) < 4.78 is 5.62. The zero-order chi connectivity index (χ0) is 16.4. The molecule has 0 spiro atoms. The number of thioether (sulfide) groups is 1. The van der Waals surface area contributed by atoms with Crippen molar-refractivity contribution >= 4 is 28.6 Å². The summed E-state index contributed by atoms with van der Waals surface area (Å²) in [7, 11) is 0. The summed E-state index contributed by atoms with van der Waals surface area (Å²) in [5.41, 5.74) is 3.60. The van der Waals surface area contributed by atoms with Crippen molar-refractivity contribution < 1.29 is 9.21 Å². The molecule has 0 N–H and O–H groups in total. The Morgan fingerprint density at radius 2 is 1.78 bits per heavy atom. The van der Waals surface area contributed by atoms with Crippen molar-refractivity contribution in [3.63, 3.8) is 0 Å². The van der Waals surface area contributed by atoms with Gasteiger partial charge in [-0.05, 0) is 23.1 Å². The Labute approximate surface area is 140 Å². The molecule has 0 fully saturated rings. The number of Topliss-reactive ketones (excluding diaryl/α,β-unsaturated/α-hetero) is 1. The Bertz CT molecular complexity index is 795. The number of fused-ring (bicyclic) bond motifs is 1. The Morgan fingerprint density at radius 1 is 1.09 bits per heavy atom. The first kappa shape index (κ1) is 15.8. The third-order valence-electron chi connectivity index (χ3n) is 3.67. The van der Waals surface area contributed by atoms with E-state index in [1.54, 1.807) is 0 Å². The van der Waals surface area contributed by atoms with Crippen molar-refractivity contribution in [2.75, 3.05) is 5.75 Å². The topological polar surface area (TPSA) is 43.1 Å². The lowest BCUT2D eigenvalue weighted by Crippen LogP contribution is -2.11. The highest BCUT2D eigenvalue weighted by Crippen LogP contribution is 2.25.